The monoisotopic (exact) mass is 263 g/mol. The van der Waals surface area contributed by atoms with E-state index < -0.39 is 0 Å². The van der Waals surface area contributed by atoms with E-state index in [0.29, 0.717) is 25.6 Å². The van der Waals surface area contributed by atoms with Crippen molar-refractivity contribution in [1.82, 2.24) is 15.6 Å². The van der Waals surface area contributed by atoms with E-state index >= 15 is 0 Å². The van der Waals surface area contributed by atoms with Gasteiger partial charge in [0.2, 0.25) is 5.91 Å². The first-order chi connectivity index (χ1) is 9.34. The van der Waals surface area contributed by atoms with Crippen molar-refractivity contribution in [2.24, 2.45) is 0 Å². The summed E-state index contributed by atoms with van der Waals surface area (Å²) in [6.45, 7) is 2.95. The molecule has 1 amide bonds. The molecule has 0 spiro atoms. The quantitative estimate of drug-likeness (QED) is 0.716. The zero-order valence-electron chi connectivity index (χ0n) is 11.1. The van der Waals surface area contributed by atoms with Gasteiger partial charge in [0, 0.05) is 45.1 Å². The van der Waals surface area contributed by atoms with Crippen molar-refractivity contribution < 1.29 is 9.53 Å². The van der Waals surface area contributed by atoms with Gasteiger partial charge >= 0.3 is 0 Å². The highest BCUT2D eigenvalue weighted by Gasteiger charge is 2.14. The van der Waals surface area contributed by atoms with E-state index in [4.69, 9.17) is 4.74 Å². The fourth-order valence-corrected chi connectivity index (χ4v) is 2.06. The Morgan fingerprint density at radius 1 is 1.53 bits per heavy atom. The Morgan fingerprint density at radius 3 is 3.21 bits per heavy atom. The number of hydrogen-bond donors (Lipinski definition) is 2. The van der Waals surface area contributed by atoms with Gasteiger partial charge in [-0.25, -0.2) is 0 Å². The average molecular weight is 263 g/mol. The van der Waals surface area contributed by atoms with E-state index in [9.17, 15) is 4.79 Å². The highest BCUT2D eigenvalue weighted by atomic mass is 16.5. The number of carbonyl (C=O) groups excluding carboxylic acids is 1. The first-order valence-electron chi connectivity index (χ1n) is 6.82. The standard InChI is InChI=1S/C14H21N3O2/c18-14(17-10-12-3-1-6-15-9-12)5-7-16-11-13-4-2-8-19-13/h1,3,6,9,13,16H,2,4-5,7-8,10-11H2,(H,17,18). The van der Waals surface area contributed by atoms with Gasteiger partial charge in [-0.3, -0.25) is 9.78 Å². The maximum absolute atomic E-state index is 11.6. The zero-order chi connectivity index (χ0) is 13.3. The van der Waals surface area contributed by atoms with Gasteiger partial charge in [0.1, 0.15) is 0 Å². The van der Waals surface area contributed by atoms with Crippen molar-refractivity contribution in [3.05, 3.63) is 30.1 Å². The molecule has 1 unspecified atom stereocenters. The SMILES string of the molecule is O=C(CCNCC1CCCO1)NCc1cccnc1. The molecular formula is C14H21N3O2. The van der Waals surface area contributed by atoms with Crippen molar-refractivity contribution in [3.63, 3.8) is 0 Å². The van der Waals surface area contributed by atoms with Crippen LogP contribution in [0.15, 0.2) is 24.5 Å². The van der Waals surface area contributed by atoms with Crippen LogP contribution >= 0.6 is 0 Å². The largest absolute Gasteiger partial charge is 0.377 e. The molecule has 2 rings (SSSR count). The molecule has 1 aromatic heterocycles. The summed E-state index contributed by atoms with van der Waals surface area (Å²) in [6.07, 6.45) is 6.58. The van der Waals surface area contributed by atoms with Crippen molar-refractivity contribution in [1.29, 1.82) is 0 Å². The third-order valence-corrected chi connectivity index (χ3v) is 3.14. The number of ether oxygens (including phenoxy) is 1. The predicted octanol–water partition coefficient (Wildman–Crippen LogP) is 0.856. The smallest absolute Gasteiger partial charge is 0.221 e. The lowest BCUT2D eigenvalue weighted by atomic mass is 10.2. The maximum atomic E-state index is 11.6. The van der Waals surface area contributed by atoms with Crippen LogP contribution in [0.25, 0.3) is 0 Å². The van der Waals surface area contributed by atoms with E-state index in [-0.39, 0.29) is 5.91 Å². The molecule has 1 fully saturated rings. The summed E-state index contributed by atoms with van der Waals surface area (Å²) >= 11 is 0. The number of nitrogens with one attached hydrogen (secondary N) is 2. The van der Waals surface area contributed by atoms with Gasteiger partial charge in [0.05, 0.1) is 6.10 Å². The fourth-order valence-electron chi connectivity index (χ4n) is 2.06. The second kappa shape index (κ2) is 7.86. The Hall–Kier alpha value is -1.46. The number of carbonyl (C=O) groups is 1. The first-order valence-corrected chi connectivity index (χ1v) is 6.82. The lowest BCUT2D eigenvalue weighted by Gasteiger charge is -2.10. The molecule has 104 valence electrons. The molecule has 2 heterocycles. The van der Waals surface area contributed by atoms with Gasteiger partial charge in [-0.15, -0.1) is 0 Å². The zero-order valence-corrected chi connectivity index (χ0v) is 11.1. The molecule has 5 heteroatoms. The van der Waals surface area contributed by atoms with Crippen LogP contribution in [0.3, 0.4) is 0 Å². The normalized spacial score (nSPS) is 18.4. The molecule has 1 aromatic rings. The number of aromatic nitrogens is 1. The van der Waals surface area contributed by atoms with E-state index in [0.717, 1.165) is 31.6 Å². The molecule has 0 aromatic carbocycles. The number of nitrogens with zero attached hydrogens (tertiary/aromatic N) is 1. The second-order valence-electron chi connectivity index (χ2n) is 4.73. The van der Waals surface area contributed by atoms with Gasteiger partial charge in [-0.05, 0) is 24.5 Å². The van der Waals surface area contributed by atoms with E-state index in [2.05, 4.69) is 15.6 Å². The molecule has 1 aliphatic rings. The summed E-state index contributed by atoms with van der Waals surface area (Å²) in [7, 11) is 0. The lowest BCUT2D eigenvalue weighted by Crippen LogP contribution is -2.31. The van der Waals surface area contributed by atoms with Gasteiger partial charge in [0.25, 0.3) is 0 Å². The van der Waals surface area contributed by atoms with Crippen molar-refractivity contribution in [2.45, 2.75) is 31.9 Å². The third-order valence-electron chi connectivity index (χ3n) is 3.14. The van der Waals surface area contributed by atoms with E-state index in [1.54, 1.807) is 12.4 Å². The fraction of sp³-hybridized carbons (Fsp3) is 0.571. The minimum absolute atomic E-state index is 0.0590. The highest BCUT2D eigenvalue weighted by molar-refractivity contribution is 5.76. The summed E-state index contributed by atoms with van der Waals surface area (Å²) < 4.78 is 5.50. The minimum atomic E-state index is 0.0590. The topological polar surface area (TPSA) is 63.2 Å². The van der Waals surface area contributed by atoms with E-state index in [1.165, 1.54) is 0 Å². The van der Waals surface area contributed by atoms with E-state index in [1.807, 2.05) is 12.1 Å². The van der Waals surface area contributed by atoms with Gasteiger partial charge in [-0.1, -0.05) is 6.07 Å². The molecule has 0 radical (unpaired) electrons. The molecule has 19 heavy (non-hydrogen) atoms. The molecule has 0 saturated carbocycles. The Bertz CT molecular complexity index is 378. The average Bonchev–Trinajstić information content (AvgIpc) is 2.96. The van der Waals surface area contributed by atoms with Crippen molar-refractivity contribution >= 4 is 5.91 Å². The summed E-state index contributed by atoms with van der Waals surface area (Å²) in [5.74, 6) is 0.0590. The lowest BCUT2D eigenvalue weighted by molar-refractivity contribution is -0.121. The first kappa shape index (κ1) is 14.0. The second-order valence-corrected chi connectivity index (χ2v) is 4.73. The van der Waals surface area contributed by atoms with Gasteiger partial charge in [-0.2, -0.15) is 0 Å². The Kier molecular flexibility index (Phi) is 5.78. The van der Waals surface area contributed by atoms with Crippen molar-refractivity contribution in [3.8, 4) is 0 Å². The molecule has 1 saturated heterocycles. The summed E-state index contributed by atoms with van der Waals surface area (Å²) in [6, 6.07) is 3.81. The van der Waals surface area contributed by atoms with Crippen LogP contribution in [0.5, 0.6) is 0 Å². The van der Waals surface area contributed by atoms with Gasteiger partial charge in [0.15, 0.2) is 0 Å². The highest BCUT2D eigenvalue weighted by Crippen LogP contribution is 2.10. The van der Waals surface area contributed by atoms with Crippen LogP contribution in [0.2, 0.25) is 0 Å². The number of amides is 1. The molecular weight excluding hydrogens is 242 g/mol. The summed E-state index contributed by atoms with van der Waals surface area (Å²) in [5.41, 5.74) is 1.02. The van der Waals surface area contributed by atoms with Crippen LogP contribution < -0.4 is 10.6 Å². The van der Waals surface area contributed by atoms with Crippen LogP contribution in [0.4, 0.5) is 0 Å². The number of rotatable bonds is 7. The molecule has 0 aliphatic carbocycles. The molecule has 2 N–H and O–H groups in total. The molecule has 1 atom stereocenters. The third kappa shape index (κ3) is 5.36. The van der Waals surface area contributed by atoms with Crippen LogP contribution in [0, 0.1) is 0 Å². The maximum Gasteiger partial charge on any atom is 0.221 e. The minimum Gasteiger partial charge on any atom is -0.377 e. The summed E-state index contributed by atoms with van der Waals surface area (Å²) in [4.78, 5) is 15.6. The number of hydrogen-bond acceptors (Lipinski definition) is 4. The number of pyridine rings is 1. The summed E-state index contributed by atoms with van der Waals surface area (Å²) in [5, 5.41) is 6.14. The Morgan fingerprint density at radius 2 is 2.47 bits per heavy atom. The Balaban J connectivity index is 1.52. The molecule has 5 nitrogen and oxygen atoms in total. The Labute approximate surface area is 113 Å². The molecule has 0 bridgehead atoms. The van der Waals surface area contributed by atoms with Crippen LogP contribution in [-0.4, -0.2) is 36.7 Å². The van der Waals surface area contributed by atoms with Crippen molar-refractivity contribution in [2.75, 3.05) is 19.7 Å². The predicted molar refractivity (Wildman–Crippen MR) is 72.5 cm³/mol. The van der Waals surface area contributed by atoms with Crippen LogP contribution in [-0.2, 0) is 16.1 Å². The van der Waals surface area contributed by atoms with Crippen LogP contribution in [0.1, 0.15) is 24.8 Å². The van der Waals surface area contributed by atoms with Gasteiger partial charge < -0.3 is 15.4 Å². The molecule has 1 aliphatic heterocycles.